The highest BCUT2D eigenvalue weighted by molar-refractivity contribution is 6.29. The summed E-state index contributed by atoms with van der Waals surface area (Å²) in [4.78, 5) is 19.9. The highest BCUT2D eigenvalue weighted by atomic mass is 35.5. The Morgan fingerprint density at radius 2 is 2.17 bits per heavy atom. The smallest absolute Gasteiger partial charge is 0.220 e. The third kappa shape index (κ3) is 2.90. The summed E-state index contributed by atoms with van der Waals surface area (Å²) in [6, 6.07) is 5.68. The molecule has 0 bridgehead atoms. The predicted octanol–water partition coefficient (Wildman–Crippen LogP) is 2.43. The standard InChI is InChI=1S/C16H14ClN5O/c17-15-3-2-13-14(21-15)5-10(6-18-13)11-7-19-22(8-11)9-12-1-4-16(23)20-12/h2-3,5-8,12H,1,4,9H2,(H,20,23). The van der Waals surface area contributed by atoms with Gasteiger partial charge < -0.3 is 5.32 Å². The molecule has 4 rings (SSSR count). The number of nitrogens with one attached hydrogen (secondary N) is 1. The zero-order valence-corrected chi connectivity index (χ0v) is 13.0. The van der Waals surface area contributed by atoms with Gasteiger partial charge in [-0.3, -0.25) is 14.5 Å². The fourth-order valence-corrected chi connectivity index (χ4v) is 2.95. The van der Waals surface area contributed by atoms with E-state index in [1.807, 2.05) is 23.0 Å². The summed E-state index contributed by atoms with van der Waals surface area (Å²) in [6.07, 6.45) is 7.01. The van der Waals surface area contributed by atoms with E-state index in [9.17, 15) is 4.79 Å². The Morgan fingerprint density at radius 1 is 1.26 bits per heavy atom. The summed E-state index contributed by atoms with van der Waals surface area (Å²) in [5, 5.41) is 7.76. The van der Waals surface area contributed by atoms with Crippen molar-refractivity contribution in [2.45, 2.75) is 25.4 Å². The van der Waals surface area contributed by atoms with Crippen molar-refractivity contribution in [3.63, 3.8) is 0 Å². The Kier molecular flexibility index (Phi) is 3.46. The number of amides is 1. The second-order valence-electron chi connectivity index (χ2n) is 5.65. The van der Waals surface area contributed by atoms with Crippen LogP contribution in [0.5, 0.6) is 0 Å². The first-order valence-corrected chi connectivity index (χ1v) is 7.80. The second kappa shape index (κ2) is 5.62. The lowest BCUT2D eigenvalue weighted by Crippen LogP contribution is -2.29. The van der Waals surface area contributed by atoms with E-state index in [1.54, 1.807) is 18.5 Å². The van der Waals surface area contributed by atoms with E-state index in [1.165, 1.54) is 0 Å². The van der Waals surface area contributed by atoms with E-state index < -0.39 is 0 Å². The van der Waals surface area contributed by atoms with Gasteiger partial charge in [0, 0.05) is 36.0 Å². The van der Waals surface area contributed by atoms with Gasteiger partial charge in [-0.2, -0.15) is 5.10 Å². The van der Waals surface area contributed by atoms with Crippen molar-refractivity contribution >= 4 is 28.5 Å². The van der Waals surface area contributed by atoms with Crippen molar-refractivity contribution in [2.75, 3.05) is 0 Å². The van der Waals surface area contributed by atoms with Crippen LogP contribution >= 0.6 is 11.6 Å². The van der Waals surface area contributed by atoms with E-state index >= 15 is 0 Å². The molecule has 1 unspecified atom stereocenters. The number of pyridine rings is 2. The first kappa shape index (κ1) is 14.1. The largest absolute Gasteiger partial charge is 0.351 e. The SMILES string of the molecule is O=C1CCC(Cn2cc(-c3cnc4ccc(Cl)nc4c3)cn2)N1. The molecule has 0 radical (unpaired) electrons. The first-order valence-electron chi connectivity index (χ1n) is 7.42. The molecule has 0 aromatic carbocycles. The number of halogens is 1. The Bertz CT molecular complexity index is 891. The van der Waals surface area contributed by atoms with E-state index in [4.69, 9.17) is 11.6 Å². The lowest BCUT2D eigenvalue weighted by atomic mass is 10.1. The average Bonchev–Trinajstić information content (AvgIpc) is 3.16. The van der Waals surface area contributed by atoms with E-state index in [0.717, 1.165) is 28.6 Å². The molecular formula is C16H14ClN5O. The van der Waals surface area contributed by atoms with Gasteiger partial charge in [0.2, 0.25) is 5.91 Å². The van der Waals surface area contributed by atoms with Gasteiger partial charge in [-0.25, -0.2) is 4.98 Å². The van der Waals surface area contributed by atoms with Gasteiger partial charge in [0.1, 0.15) is 5.15 Å². The van der Waals surface area contributed by atoms with Crippen LogP contribution < -0.4 is 5.32 Å². The number of aromatic nitrogens is 4. The topological polar surface area (TPSA) is 72.7 Å². The molecular weight excluding hydrogens is 314 g/mol. The minimum atomic E-state index is 0.115. The normalized spacial score (nSPS) is 17.6. The minimum absolute atomic E-state index is 0.115. The van der Waals surface area contributed by atoms with Crippen LogP contribution in [0.3, 0.4) is 0 Å². The molecule has 1 aliphatic heterocycles. The van der Waals surface area contributed by atoms with Gasteiger partial charge in [0.05, 0.1) is 23.8 Å². The molecule has 1 aliphatic rings. The molecule has 116 valence electrons. The molecule has 3 aromatic rings. The van der Waals surface area contributed by atoms with Gasteiger partial charge in [0.25, 0.3) is 0 Å². The highest BCUT2D eigenvalue weighted by Gasteiger charge is 2.21. The molecule has 3 aromatic heterocycles. The maximum Gasteiger partial charge on any atom is 0.220 e. The van der Waals surface area contributed by atoms with E-state index in [0.29, 0.717) is 18.1 Å². The molecule has 0 spiro atoms. The zero-order valence-electron chi connectivity index (χ0n) is 12.2. The monoisotopic (exact) mass is 327 g/mol. The Balaban J connectivity index is 1.59. The van der Waals surface area contributed by atoms with Crippen LogP contribution in [-0.2, 0) is 11.3 Å². The number of hydrogen-bond acceptors (Lipinski definition) is 4. The van der Waals surface area contributed by atoms with Crippen LogP contribution in [0.1, 0.15) is 12.8 Å². The lowest BCUT2D eigenvalue weighted by molar-refractivity contribution is -0.119. The van der Waals surface area contributed by atoms with Gasteiger partial charge in [0.15, 0.2) is 0 Å². The van der Waals surface area contributed by atoms with Crippen molar-refractivity contribution in [2.24, 2.45) is 0 Å². The van der Waals surface area contributed by atoms with Gasteiger partial charge in [-0.05, 0) is 24.6 Å². The Hall–Kier alpha value is -2.47. The summed E-state index contributed by atoms with van der Waals surface area (Å²) in [5.74, 6) is 0.115. The molecule has 23 heavy (non-hydrogen) atoms. The molecule has 0 aliphatic carbocycles. The van der Waals surface area contributed by atoms with Gasteiger partial charge in [-0.1, -0.05) is 11.6 Å². The number of carbonyl (C=O) groups is 1. The molecule has 7 heteroatoms. The van der Waals surface area contributed by atoms with E-state index in [-0.39, 0.29) is 11.9 Å². The molecule has 1 saturated heterocycles. The Morgan fingerprint density at radius 3 is 3.00 bits per heavy atom. The van der Waals surface area contributed by atoms with Crippen molar-refractivity contribution < 1.29 is 4.79 Å². The van der Waals surface area contributed by atoms with Crippen molar-refractivity contribution in [1.29, 1.82) is 0 Å². The second-order valence-corrected chi connectivity index (χ2v) is 6.04. The van der Waals surface area contributed by atoms with Crippen LogP contribution in [0.2, 0.25) is 5.15 Å². The number of hydrogen-bond donors (Lipinski definition) is 1. The minimum Gasteiger partial charge on any atom is -0.351 e. The fourth-order valence-electron chi connectivity index (χ4n) is 2.79. The molecule has 4 heterocycles. The van der Waals surface area contributed by atoms with Crippen LogP contribution in [0.4, 0.5) is 0 Å². The first-order chi connectivity index (χ1) is 11.2. The number of rotatable bonds is 3. The van der Waals surface area contributed by atoms with Crippen LogP contribution in [-0.4, -0.2) is 31.7 Å². The fraction of sp³-hybridized carbons (Fsp3) is 0.250. The zero-order chi connectivity index (χ0) is 15.8. The third-order valence-electron chi connectivity index (χ3n) is 3.96. The van der Waals surface area contributed by atoms with Crippen LogP contribution in [0, 0.1) is 0 Å². The summed E-state index contributed by atoms with van der Waals surface area (Å²) in [7, 11) is 0. The number of nitrogens with zero attached hydrogens (tertiary/aromatic N) is 4. The molecule has 0 saturated carbocycles. The summed E-state index contributed by atoms with van der Waals surface area (Å²) in [5.41, 5.74) is 3.46. The van der Waals surface area contributed by atoms with Gasteiger partial charge >= 0.3 is 0 Å². The van der Waals surface area contributed by atoms with Crippen molar-refractivity contribution in [3.8, 4) is 11.1 Å². The van der Waals surface area contributed by atoms with E-state index in [2.05, 4.69) is 20.4 Å². The van der Waals surface area contributed by atoms with Crippen molar-refractivity contribution in [1.82, 2.24) is 25.1 Å². The number of fused-ring (bicyclic) bond motifs is 1. The summed E-state index contributed by atoms with van der Waals surface area (Å²) in [6.45, 7) is 0.677. The maximum atomic E-state index is 11.3. The number of carbonyl (C=O) groups excluding carboxylic acids is 1. The molecule has 6 nitrogen and oxygen atoms in total. The lowest BCUT2D eigenvalue weighted by Gasteiger charge is -2.09. The molecule has 1 fully saturated rings. The molecule has 1 amide bonds. The summed E-state index contributed by atoms with van der Waals surface area (Å²) >= 11 is 5.94. The summed E-state index contributed by atoms with van der Waals surface area (Å²) < 4.78 is 1.85. The van der Waals surface area contributed by atoms with Gasteiger partial charge in [-0.15, -0.1) is 0 Å². The maximum absolute atomic E-state index is 11.3. The molecule has 1 N–H and O–H groups in total. The quantitative estimate of drug-likeness (QED) is 0.750. The third-order valence-corrected chi connectivity index (χ3v) is 4.17. The molecule has 1 atom stereocenters. The highest BCUT2D eigenvalue weighted by Crippen LogP contribution is 2.22. The Labute approximate surface area is 137 Å². The predicted molar refractivity (Wildman–Crippen MR) is 86.9 cm³/mol. The van der Waals surface area contributed by atoms with Crippen molar-refractivity contribution in [3.05, 3.63) is 41.9 Å². The van der Waals surface area contributed by atoms with Crippen LogP contribution in [0.15, 0.2) is 36.8 Å². The van der Waals surface area contributed by atoms with Crippen LogP contribution in [0.25, 0.3) is 22.2 Å². The average molecular weight is 328 g/mol.